The molecule has 512 valence electrons. The summed E-state index contributed by atoms with van der Waals surface area (Å²) in [6.07, 6.45) is 0. The normalized spacial score (nSPS) is 9.28. The summed E-state index contributed by atoms with van der Waals surface area (Å²) in [5, 5.41) is 293. The van der Waals surface area contributed by atoms with Crippen LogP contribution in [0.15, 0.2) is 97.1 Å². The summed E-state index contributed by atoms with van der Waals surface area (Å²) in [5.41, 5.74) is -0.239. The van der Waals surface area contributed by atoms with Crippen LogP contribution in [0.4, 0.5) is 0 Å². The number of hydrogen-bond donors (Lipinski definition) is 24. The van der Waals surface area contributed by atoms with Crippen molar-refractivity contribution >= 4 is 293 Å². The SMILES string of the molecule is [Ba+2].[Ca+2].[Mg+2].[O-]C(=S)c1cc(O)c(O)c(O)c1.[O-]C(=S)c1cc(O)c(O)c(O)c1.[O-]C(=S)c1cc(O)c(O)c(O)c1.[O-]C(=S)c1cc(O)c(O)c(O)c1.[O-]C(=S)c1cc(O)c(O)c(O)c1.[O-]C(=S)c1cc(O)c(O)c(O)c1.[O-]C(=S)c1cc(O)c(O)c(O)c1.[O-]C(=S)c1cc(O)c(O)c(O)c1.[Sr+2]. The minimum absolute atomic E-state index is 0. The molecule has 0 aliphatic rings. The predicted octanol–water partition coefficient (Wildman–Crippen LogP) is -2.81. The van der Waals surface area contributed by atoms with Crippen molar-refractivity contribution < 1.29 is 163 Å². The summed E-state index contributed by atoms with van der Waals surface area (Å²) in [6, 6.07) is 15.8. The van der Waals surface area contributed by atoms with Crippen LogP contribution >= 0.6 is 97.7 Å². The summed E-state index contributed by atoms with van der Waals surface area (Å²) in [4.78, 5) is 0. The van der Waals surface area contributed by atoms with Crippen LogP contribution in [0.2, 0.25) is 0 Å². The monoisotopic (exact) mass is 1770 g/mol. The zero-order chi connectivity index (χ0) is 74.4. The van der Waals surface area contributed by atoms with Gasteiger partial charge in [0.15, 0.2) is 138 Å². The van der Waals surface area contributed by atoms with Gasteiger partial charge in [0.2, 0.25) is 0 Å². The molecule has 24 N–H and O–H groups in total. The number of thiocarbonyl (C=S) groups is 8. The first-order valence-corrected chi connectivity index (χ1v) is 27.1. The van der Waals surface area contributed by atoms with Gasteiger partial charge in [0.25, 0.3) is 0 Å². The van der Waals surface area contributed by atoms with E-state index in [-0.39, 0.29) is 200 Å². The van der Waals surface area contributed by atoms with Gasteiger partial charge in [-0.3, -0.25) is 0 Å². The van der Waals surface area contributed by atoms with Gasteiger partial charge in [0.1, 0.15) is 0 Å². The standard InChI is InChI=1S/8C7H6O4S.Ba.Ca.Mg.Sr/c8*8-4-1-3(7(11)12)2-5(9)6(4)10;;;;/h8*1-2,8-10H,(H,11,12);;;;/q;;;;;;;;4*+2/p-8. The Hall–Kier alpha value is -6.84. The van der Waals surface area contributed by atoms with Gasteiger partial charge < -0.3 is 163 Å². The molecule has 0 saturated carbocycles. The van der Waals surface area contributed by atoms with Crippen molar-refractivity contribution in [3.05, 3.63) is 142 Å². The zero-order valence-electron chi connectivity index (χ0n) is 49.3. The first kappa shape index (κ1) is 99.5. The maximum Gasteiger partial charge on any atom is 2.00 e. The van der Waals surface area contributed by atoms with E-state index in [9.17, 15) is 40.9 Å². The van der Waals surface area contributed by atoms with Gasteiger partial charge in [0, 0.05) is 0 Å². The molecule has 44 heteroatoms. The van der Waals surface area contributed by atoms with Crippen LogP contribution in [-0.4, -0.2) is 318 Å². The van der Waals surface area contributed by atoms with Crippen LogP contribution in [0.1, 0.15) is 44.5 Å². The largest absolute Gasteiger partial charge is 2.00 e. The molecule has 0 aliphatic heterocycles. The van der Waals surface area contributed by atoms with E-state index in [1.165, 1.54) is 0 Å². The number of phenolic OH excluding ortho intramolecular Hbond substituents is 24. The minimum Gasteiger partial charge on any atom is -0.864 e. The molecule has 0 spiro atoms. The summed E-state index contributed by atoms with van der Waals surface area (Å²) < 4.78 is 0. The summed E-state index contributed by atoms with van der Waals surface area (Å²) in [7, 11) is 0. The molecule has 0 amide bonds. The number of aromatic hydroxyl groups is 24. The number of hydrogen-bond acceptors (Lipinski definition) is 40. The van der Waals surface area contributed by atoms with Crippen molar-refractivity contribution in [1.29, 1.82) is 0 Å². The molecule has 0 atom stereocenters. The predicted molar refractivity (Wildman–Crippen MR) is 368 cm³/mol. The first-order chi connectivity index (χ1) is 44.2. The molecule has 0 fully saturated rings. The minimum atomic E-state index is -0.708. The van der Waals surface area contributed by atoms with Crippen molar-refractivity contribution in [1.82, 2.24) is 0 Å². The molecule has 0 radical (unpaired) electrons. The van der Waals surface area contributed by atoms with Gasteiger partial charge in [-0.15, -0.1) is 0 Å². The molecule has 0 unspecified atom stereocenters. The van der Waals surface area contributed by atoms with E-state index in [1.54, 1.807) is 0 Å². The Bertz CT molecular complexity index is 3330. The molecule has 8 rings (SSSR count). The third-order valence-electron chi connectivity index (χ3n) is 10.4. The quantitative estimate of drug-likeness (QED) is 0.0415. The fourth-order valence-corrected chi connectivity index (χ4v) is 6.72. The average molecular weight is 1770 g/mol. The molecule has 0 aliphatic carbocycles. The van der Waals surface area contributed by atoms with E-state index in [2.05, 4.69) is 97.7 Å². The number of benzene rings is 8. The van der Waals surface area contributed by atoms with Gasteiger partial charge >= 0.3 is 155 Å². The zero-order valence-corrected chi connectivity index (χ0v) is 67.4. The summed E-state index contributed by atoms with van der Waals surface area (Å²) in [5.74, 6) is -14.3. The van der Waals surface area contributed by atoms with E-state index in [0.717, 1.165) is 97.1 Å². The Kier molecular flexibility index (Phi) is 45.7. The van der Waals surface area contributed by atoms with Gasteiger partial charge in [-0.2, -0.15) is 0 Å². The fourth-order valence-electron chi connectivity index (χ4n) is 5.78. The van der Waals surface area contributed by atoms with Gasteiger partial charge in [-0.25, -0.2) is 0 Å². The van der Waals surface area contributed by atoms with Crippen molar-refractivity contribution in [2.75, 3.05) is 0 Å². The third kappa shape index (κ3) is 31.6. The van der Waals surface area contributed by atoms with Gasteiger partial charge in [0.05, 0.1) is 0 Å². The Morgan fingerprint density at radius 2 is 0.230 bits per heavy atom. The third-order valence-corrected chi connectivity index (χ3v) is 12.3. The average Bonchev–Trinajstić information content (AvgIpc) is 0.938. The molecule has 32 nitrogen and oxygen atoms in total. The van der Waals surface area contributed by atoms with Crippen LogP contribution in [0.5, 0.6) is 138 Å². The molecule has 0 bridgehead atoms. The summed E-state index contributed by atoms with van der Waals surface area (Å²) in [6.45, 7) is 0. The second-order valence-corrected chi connectivity index (χ2v) is 20.2. The van der Waals surface area contributed by atoms with E-state index in [0.29, 0.717) is 0 Å². The topological polar surface area (TPSA) is 670 Å². The maximum absolute atomic E-state index is 10.6. The van der Waals surface area contributed by atoms with Crippen molar-refractivity contribution in [3.8, 4) is 138 Å². The van der Waals surface area contributed by atoms with Crippen LogP contribution in [-0.2, 0) is 0 Å². The van der Waals surface area contributed by atoms with Crippen LogP contribution in [0, 0.1) is 0 Å². The van der Waals surface area contributed by atoms with Crippen LogP contribution in [0.3, 0.4) is 0 Å². The fraction of sp³-hybridized carbons (Fsp3) is 0. The number of phenols is 24. The van der Waals surface area contributed by atoms with Gasteiger partial charge in [-0.1, -0.05) is 97.7 Å². The molecule has 0 heterocycles. The van der Waals surface area contributed by atoms with Crippen molar-refractivity contribution in [2.24, 2.45) is 0 Å². The Morgan fingerprint density at radius 3 is 0.270 bits per heavy atom. The van der Waals surface area contributed by atoms with Gasteiger partial charge in [-0.05, 0) is 182 Å². The van der Waals surface area contributed by atoms with Crippen molar-refractivity contribution in [2.45, 2.75) is 0 Å². The molecule has 0 saturated heterocycles. The Balaban J connectivity index is -0.000000524. The molecule has 8 aromatic carbocycles. The smallest absolute Gasteiger partial charge is 0.864 e. The van der Waals surface area contributed by atoms with Crippen LogP contribution in [0.25, 0.3) is 0 Å². The molecule has 0 aromatic heterocycles. The molecular formula is C56H40BaCaMgO32S8Sr. The second kappa shape index (κ2) is 45.9. The molecule has 100 heavy (non-hydrogen) atoms. The first-order valence-electron chi connectivity index (χ1n) is 23.9. The number of rotatable bonds is 8. The molecule has 8 aromatic rings. The Morgan fingerprint density at radius 1 is 0.180 bits per heavy atom. The summed E-state index contributed by atoms with van der Waals surface area (Å²) >= 11 is 34.1. The maximum atomic E-state index is 10.6. The van der Waals surface area contributed by atoms with Crippen molar-refractivity contribution in [3.63, 3.8) is 0 Å². The van der Waals surface area contributed by atoms with E-state index >= 15 is 0 Å². The van der Waals surface area contributed by atoms with Crippen LogP contribution < -0.4 is 40.9 Å². The molecular weight excluding hydrogens is 1730 g/mol. The van der Waals surface area contributed by atoms with E-state index in [1.807, 2.05) is 0 Å². The van der Waals surface area contributed by atoms with E-state index < -0.39 is 178 Å². The Labute approximate surface area is 725 Å². The second-order valence-electron chi connectivity index (χ2n) is 17.2. The van der Waals surface area contributed by atoms with E-state index in [4.69, 9.17) is 123 Å².